The quantitative estimate of drug-likeness (QED) is 0.0194. The highest BCUT2D eigenvalue weighted by molar-refractivity contribution is 7.85. The number of nitrogens with zero attached hydrogens (tertiary/aromatic N) is 2. The number of ketones is 3. The first-order valence-corrected chi connectivity index (χ1v) is 53.5. The van der Waals surface area contributed by atoms with Crippen molar-refractivity contribution in [1.29, 1.82) is 0 Å². The van der Waals surface area contributed by atoms with Crippen molar-refractivity contribution in [3.05, 3.63) is 100 Å². The number of para-hydroxylation sites is 1. The monoisotopic (exact) mass is 2100 g/mol. The highest BCUT2D eigenvalue weighted by Gasteiger charge is 2.80. The molecule has 0 bridgehead atoms. The minimum Gasteiger partial charge on any atom is -0.390 e. The molecule has 3 aliphatic heterocycles. The number of fused-ring (bicyclic) bond motifs is 9. The molecule has 42 nitrogen and oxygen atoms in total. The predicted octanol–water partition coefficient (Wildman–Crippen LogP) is 3.78. The maximum atomic E-state index is 18.2. The van der Waals surface area contributed by atoms with E-state index in [0.29, 0.717) is 135 Å². The van der Waals surface area contributed by atoms with Crippen LogP contribution >= 0.6 is 0 Å². The van der Waals surface area contributed by atoms with Crippen molar-refractivity contribution in [3.8, 4) is 0 Å². The van der Waals surface area contributed by atoms with Gasteiger partial charge in [0.1, 0.15) is 24.9 Å². The van der Waals surface area contributed by atoms with Gasteiger partial charge in [0, 0.05) is 98.6 Å². The van der Waals surface area contributed by atoms with Gasteiger partial charge in [0.05, 0.1) is 217 Å². The van der Waals surface area contributed by atoms with Gasteiger partial charge in [-0.3, -0.25) is 63.3 Å². The number of carbonyl (C=O) groups excluding carboxylic acids is 10. The van der Waals surface area contributed by atoms with E-state index in [9.17, 15) is 56.7 Å². The molecule has 147 heavy (non-hydrogen) atoms. The number of carbonyl (C=O) groups is 10. The van der Waals surface area contributed by atoms with Gasteiger partial charge in [-0.05, 0) is 119 Å². The van der Waals surface area contributed by atoms with Gasteiger partial charge in [-0.15, -0.1) is 5.53 Å². The van der Waals surface area contributed by atoms with Gasteiger partial charge in [0.2, 0.25) is 41.4 Å². The second-order valence-electron chi connectivity index (χ2n) is 38.6. The predicted molar refractivity (Wildman–Crippen MR) is 537 cm³/mol. The summed E-state index contributed by atoms with van der Waals surface area (Å²) in [6.45, 7) is 18.0. The number of Topliss-reactive ketones (excluding diaryl/α,β-unsaturated/α-hetero) is 2. The number of nitrogens with one attached hydrogen (secondary N) is 11. The Morgan fingerprint density at radius 1 is 0.646 bits per heavy atom. The molecule has 10 rings (SSSR count). The van der Waals surface area contributed by atoms with E-state index in [2.05, 4.69) is 58.9 Å². The highest BCUT2D eigenvalue weighted by atomic mass is 32.2. The number of halogens is 2. The van der Waals surface area contributed by atoms with Crippen molar-refractivity contribution in [3.63, 3.8) is 0 Å². The Balaban J connectivity index is 0.642. The topological polar surface area (TPSA) is 539 Å². The molecule has 0 radical (unpaired) electrons. The number of allylic oxidation sites excluding steroid dienone is 5. The van der Waals surface area contributed by atoms with E-state index in [1.54, 1.807) is 25.7 Å². The van der Waals surface area contributed by atoms with E-state index >= 15 is 13.6 Å². The number of anilines is 1. The summed E-state index contributed by atoms with van der Waals surface area (Å²) in [5.41, 5.74) is 8.29. The maximum absolute atomic E-state index is 18.2. The molecule has 3 saturated carbocycles. The van der Waals surface area contributed by atoms with Crippen LogP contribution in [0.4, 0.5) is 14.5 Å². The molecule has 2 aromatic carbocycles. The Morgan fingerprint density at radius 3 is 1.88 bits per heavy atom. The van der Waals surface area contributed by atoms with Gasteiger partial charge in [0.15, 0.2) is 34.9 Å². The van der Waals surface area contributed by atoms with Crippen molar-refractivity contribution in [2.24, 2.45) is 40.3 Å². The number of likely N-dealkylation sites (N-methyl/N-ethyl adjacent to an activating group) is 1. The molecule has 15 N–H and O–H groups in total. The third-order valence-electron chi connectivity index (χ3n) is 28.0. The fourth-order valence-electron chi connectivity index (χ4n) is 20.5. The minimum absolute atomic E-state index is 0.0265. The van der Waals surface area contributed by atoms with E-state index < -0.39 is 152 Å². The third kappa shape index (κ3) is 34.7. The number of hydrogen-bond donors (Lipinski definition) is 14. The summed E-state index contributed by atoms with van der Waals surface area (Å²) in [5, 5.41) is 37.2. The summed E-state index contributed by atoms with van der Waals surface area (Å²) in [7, 11) is -2.29. The van der Waals surface area contributed by atoms with Crippen LogP contribution in [0.5, 0.6) is 0 Å². The molecule has 7 amide bonds. The molecule has 1 saturated heterocycles. The van der Waals surface area contributed by atoms with Crippen molar-refractivity contribution >= 4 is 85.9 Å². The van der Waals surface area contributed by atoms with Crippen LogP contribution < -0.4 is 69.7 Å². The van der Waals surface area contributed by atoms with E-state index in [1.807, 2.05) is 67.5 Å². The molecule has 2 aromatic rings. The fraction of sp³-hybridized carbons (Fsp3) is 0.706. The normalized spacial score (nSPS) is 24.1. The zero-order valence-corrected chi connectivity index (χ0v) is 87.0. The third-order valence-corrected chi connectivity index (χ3v) is 28.8. The standard InChI is InChI=1S/C102H158F2N14O28S/c1-8-18-92-145-86-64-75-76-63-78(103)77-62-72(119)28-31-99(77,5)101(76,104)84(121)65-100(75,6)102(86,146-92)85(122)66-111-97(128)70(4)61-82(120)93(69(2)3)113-98(129)79(22-16-17-32-107-90(126)68-144-83-25-11-9-10-24-81-96(83)115-116-118(81)37-43-138-49-55-143-59-57-139-50-44-133-38-29-88(124)109-36-60-147(130,131)132)112-89(125)30-39-134-45-51-140-56-58-142-53-47-136-41-34-108-87(123)26-27-91(127)117-67-71-19-12-13-20-73(71)94(95(114-105)74-21-14-15-23-80(74)117)110-35-42-137-48-54-141-52-46-135-40-33-106-7/h12-15,19-21,23,28,31,62,69-70,75-76,78-79,83-84,86,92-93,106,110,114-116,121H,8-11,16-18,22,24-27,29-30,32-61,63-68,105H2,1-7H3,(H,107,126)(H,108,123)(H,109,124)(H,111,128)(H,112,125)(H,113,129)(H,130,131,132)/b95-94-/t70-,75+,76+,78+,79-,83?,84+,86-,92?,93+,99+,100+,101+,102-/m1/s1. The van der Waals surface area contributed by atoms with Crippen molar-refractivity contribution in [1.82, 2.24) is 63.9 Å². The van der Waals surface area contributed by atoms with Crippen LogP contribution in [0, 0.1) is 34.5 Å². The molecule has 3 heterocycles. The van der Waals surface area contributed by atoms with Crippen LogP contribution in [0.2, 0.25) is 0 Å². The molecular formula is C102H158F2N14O28S. The molecular weight excluding hydrogens is 1940 g/mol. The Kier molecular flexibility index (Phi) is 50.1. The maximum Gasteiger partial charge on any atom is 0.266 e. The van der Waals surface area contributed by atoms with Crippen LogP contribution in [0.25, 0.3) is 11.4 Å². The van der Waals surface area contributed by atoms with Crippen LogP contribution in [0.1, 0.15) is 174 Å². The van der Waals surface area contributed by atoms with Crippen LogP contribution in [0.15, 0.2) is 83.7 Å². The van der Waals surface area contributed by atoms with Crippen molar-refractivity contribution in [2.75, 3.05) is 215 Å². The lowest BCUT2D eigenvalue weighted by Crippen LogP contribution is -2.71. The highest BCUT2D eigenvalue weighted by Crippen LogP contribution is 2.72. The first-order chi connectivity index (χ1) is 70.8. The number of unbranched alkanes of at least 4 members (excludes halogenated alkanes) is 1. The van der Waals surface area contributed by atoms with Gasteiger partial charge in [-0.1, -0.05) is 102 Å². The second-order valence-corrected chi connectivity index (χ2v) is 40.2. The molecule has 0 aromatic heterocycles. The molecule has 5 aliphatic carbocycles. The molecule has 8 aliphatic rings. The van der Waals surface area contributed by atoms with Crippen molar-refractivity contribution < 1.29 is 141 Å². The largest absolute Gasteiger partial charge is 0.390 e. The lowest BCUT2D eigenvalue weighted by molar-refractivity contribution is -0.234. The van der Waals surface area contributed by atoms with Gasteiger partial charge < -0.3 is 130 Å². The Morgan fingerprint density at radius 2 is 1.24 bits per heavy atom. The molecule has 4 fully saturated rings. The number of aliphatic hydroxyl groups excluding tert-OH is 1. The summed E-state index contributed by atoms with van der Waals surface area (Å²) in [4.78, 5) is 139. The number of aliphatic hydroxyl groups is 1. The average molecular weight is 2100 g/mol. The van der Waals surface area contributed by atoms with Gasteiger partial charge >= 0.3 is 0 Å². The van der Waals surface area contributed by atoms with Gasteiger partial charge in [-0.2, -0.15) is 8.42 Å². The smallest absolute Gasteiger partial charge is 0.266 e. The number of benzene rings is 2. The number of alkyl halides is 2. The van der Waals surface area contributed by atoms with E-state index in [1.165, 1.54) is 26.0 Å². The average Bonchev–Trinajstić information content (AvgIpc) is 1.51. The Labute approximate surface area is 860 Å². The van der Waals surface area contributed by atoms with E-state index in [4.69, 9.17) is 76.7 Å². The SMILES string of the molecule is CCCC1O[C@@H]2C[C@H]3[C@@H]4C[C@H](F)C5=CC(=O)C=C[C@]5(C)[C@@]4(F)[C@@H](O)C[C@]3(C)[C@]2(C(=O)CNC(=O)[C@H](C)CC(=O)[C@@H](NC(=O)[C@@H](CCCCNC(=O)COC2CCCCCC3=C2NNN3CCOCCOCCOCCOCCC(=O)NCCS(=O)(=O)O)NC(=O)CCOCCOCCOCCOCCNC(=O)CCC(=O)N2Cc3ccccc3/C(NCCOCCOCCOCCNC)=C(/NN)c3ccccc32)C(C)C)O1. The van der Waals surface area contributed by atoms with Crippen LogP contribution in [-0.4, -0.2) is 346 Å². The number of ether oxygens (including phenoxy) is 14. The fourth-order valence-corrected chi connectivity index (χ4v) is 20.8. The summed E-state index contributed by atoms with van der Waals surface area (Å²) in [6, 6.07) is 12.9. The lowest BCUT2D eigenvalue weighted by Gasteiger charge is -2.63. The molecule has 14 atom stereocenters. The van der Waals surface area contributed by atoms with Crippen LogP contribution in [-0.2, 0) is 131 Å². The molecule has 0 spiro atoms. The minimum atomic E-state index is -4.16. The van der Waals surface area contributed by atoms with Crippen molar-refractivity contribution in [2.45, 2.75) is 218 Å². The first-order valence-electron chi connectivity index (χ1n) is 51.9. The molecule has 45 heteroatoms. The summed E-state index contributed by atoms with van der Waals surface area (Å²) in [6.07, 6.45) is 2.78. The van der Waals surface area contributed by atoms with E-state index in [-0.39, 0.29) is 187 Å². The summed E-state index contributed by atoms with van der Waals surface area (Å²) in [5.74, 6) is -2.57. The number of nitrogens with two attached hydrogens (primary N) is 1. The first kappa shape index (κ1) is 120. The molecule has 824 valence electrons. The van der Waals surface area contributed by atoms with Crippen LogP contribution in [0.3, 0.4) is 0 Å². The molecule has 2 unspecified atom stereocenters. The zero-order chi connectivity index (χ0) is 106. The Hall–Kier alpha value is -9.05. The van der Waals surface area contributed by atoms with Gasteiger partial charge in [0.25, 0.3) is 10.1 Å². The second kappa shape index (κ2) is 61.5. The number of hydrogen-bond acceptors (Lipinski definition) is 34. The Bertz CT molecular complexity index is 4830. The summed E-state index contributed by atoms with van der Waals surface area (Å²) < 4.78 is 147. The van der Waals surface area contributed by atoms with Gasteiger partial charge in [-0.25, -0.2) is 8.78 Å². The lowest BCUT2D eigenvalue weighted by atomic mass is 9.44. The van der Waals surface area contributed by atoms with E-state index in [0.717, 1.165) is 66.5 Å². The zero-order valence-electron chi connectivity index (χ0n) is 86.2. The number of amides is 7. The number of rotatable bonds is 71. The number of hydrazine groups is 3. The summed E-state index contributed by atoms with van der Waals surface area (Å²) >= 11 is 0.